The third kappa shape index (κ3) is 2.64. The zero-order valence-corrected chi connectivity index (χ0v) is 13.3. The summed E-state index contributed by atoms with van der Waals surface area (Å²) in [6.45, 7) is 8.21. The third-order valence-corrected chi connectivity index (χ3v) is 4.67. The molecule has 0 spiro atoms. The summed E-state index contributed by atoms with van der Waals surface area (Å²) in [5.74, 6) is 0.802. The first-order valence-electron chi connectivity index (χ1n) is 6.38. The van der Waals surface area contributed by atoms with Crippen molar-refractivity contribution in [3.05, 3.63) is 18.2 Å². The van der Waals surface area contributed by atoms with Crippen LogP contribution in [0.3, 0.4) is 0 Å². The van der Waals surface area contributed by atoms with Gasteiger partial charge in [0.25, 0.3) is 0 Å². The molecule has 0 atom stereocenters. The van der Waals surface area contributed by atoms with Gasteiger partial charge in [0.1, 0.15) is 5.75 Å². The summed E-state index contributed by atoms with van der Waals surface area (Å²) in [7, 11) is 1.29. The van der Waals surface area contributed by atoms with Gasteiger partial charge in [-0.15, -0.1) is 11.8 Å². The fourth-order valence-electron chi connectivity index (χ4n) is 1.99. The second-order valence-electron chi connectivity index (χ2n) is 5.70. The molecule has 0 radical (unpaired) electrons. The van der Waals surface area contributed by atoms with E-state index in [1.165, 1.54) is 4.90 Å². The van der Waals surface area contributed by atoms with Crippen molar-refractivity contribution in [2.24, 2.45) is 0 Å². The van der Waals surface area contributed by atoms with Crippen LogP contribution in [0.2, 0.25) is 0 Å². The summed E-state index contributed by atoms with van der Waals surface area (Å²) in [6, 6.07) is 6.08. The molecule has 2 rings (SSSR count). The molecule has 19 heavy (non-hydrogen) atoms. The van der Waals surface area contributed by atoms with Crippen LogP contribution in [0.25, 0.3) is 0 Å². The van der Waals surface area contributed by atoms with Crippen LogP contribution in [0.1, 0.15) is 27.7 Å². The molecule has 104 valence electrons. The van der Waals surface area contributed by atoms with Gasteiger partial charge in [0.05, 0.1) is 18.3 Å². The molecule has 0 saturated carbocycles. The Kier molecular flexibility index (Phi) is 3.91. The van der Waals surface area contributed by atoms with Crippen molar-refractivity contribution >= 4 is 24.3 Å². The molecule has 0 aromatic heterocycles. The van der Waals surface area contributed by atoms with Crippen LogP contribution in [0.15, 0.2) is 23.1 Å². The Bertz CT molecular complexity index is 458. The van der Waals surface area contributed by atoms with Crippen LogP contribution in [-0.4, -0.2) is 31.7 Å². The molecule has 1 saturated heterocycles. The standard InChI is InChI=1S/C14H21BO3S/c1-13(2)14(3,4)18-15(17-13)11-9-10(19-6)7-8-12(11)16-5/h7-9H,1-6H3. The van der Waals surface area contributed by atoms with Gasteiger partial charge in [-0.2, -0.15) is 0 Å². The van der Waals surface area contributed by atoms with E-state index in [1.54, 1.807) is 18.9 Å². The molecule has 0 amide bonds. The number of hydrogen-bond donors (Lipinski definition) is 0. The number of hydrogen-bond acceptors (Lipinski definition) is 4. The lowest BCUT2D eigenvalue weighted by Crippen LogP contribution is -2.41. The fourth-order valence-corrected chi connectivity index (χ4v) is 2.44. The van der Waals surface area contributed by atoms with E-state index in [-0.39, 0.29) is 18.3 Å². The topological polar surface area (TPSA) is 27.7 Å². The van der Waals surface area contributed by atoms with Gasteiger partial charge in [-0.05, 0) is 52.1 Å². The summed E-state index contributed by atoms with van der Waals surface area (Å²) in [6.07, 6.45) is 2.05. The zero-order valence-electron chi connectivity index (χ0n) is 12.4. The van der Waals surface area contributed by atoms with Crippen molar-refractivity contribution in [1.29, 1.82) is 0 Å². The van der Waals surface area contributed by atoms with Crippen molar-refractivity contribution in [2.75, 3.05) is 13.4 Å². The van der Waals surface area contributed by atoms with Crippen LogP contribution in [-0.2, 0) is 9.31 Å². The van der Waals surface area contributed by atoms with Gasteiger partial charge in [0.2, 0.25) is 0 Å². The van der Waals surface area contributed by atoms with Crippen LogP contribution in [0.4, 0.5) is 0 Å². The smallest absolute Gasteiger partial charge is 0.497 e. The maximum atomic E-state index is 6.08. The van der Waals surface area contributed by atoms with Crippen molar-refractivity contribution in [1.82, 2.24) is 0 Å². The Morgan fingerprint density at radius 1 is 1.11 bits per heavy atom. The minimum atomic E-state index is -0.382. The van der Waals surface area contributed by atoms with E-state index in [0.717, 1.165) is 11.2 Å². The molecule has 1 fully saturated rings. The molecule has 5 heteroatoms. The largest absolute Gasteiger partial charge is 0.498 e. The lowest BCUT2D eigenvalue weighted by Gasteiger charge is -2.32. The summed E-state index contributed by atoms with van der Waals surface area (Å²) < 4.78 is 17.6. The van der Waals surface area contributed by atoms with Gasteiger partial charge < -0.3 is 14.0 Å². The number of thioether (sulfide) groups is 1. The Morgan fingerprint density at radius 2 is 1.68 bits per heavy atom. The quantitative estimate of drug-likeness (QED) is 0.628. The van der Waals surface area contributed by atoms with E-state index in [1.807, 2.05) is 12.1 Å². The highest BCUT2D eigenvalue weighted by Gasteiger charge is 2.52. The van der Waals surface area contributed by atoms with E-state index in [9.17, 15) is 0 Å². The van der Waals surface area contributed by atoms with Crippen molar-refractivity contribution in [3.63, 3.8) is 0 Å². The molecular weight excluding hydrogens is 259 g/mol. The molecule has 0 bridgehead atoms. The molecule has 3 nitrogen and oxygen atoms in total. The molecule has 0 aliphatic carbocycles. The monoisotopic (exact) mass is 280 g/mol. The Hall–Kier alpha value is -0.645. The van der Waals surface area contributed by atoms with Gasteiger partial charge >= 0.3 is 7.12 Å². The summed E-state index contributed by atoms with van der Waals surface area (Å²) >= 11 is 1.69. The highest BCUT2D eigenvalue weighted by Crippen LogP contribution is 2.37. The van der Waals surface area contributed by atoms with Gasteiger partial charge in [-0.1, -0.05) is 0 Å². The van der Waals surface area contributed by atoms with Gasteiger partial charge in [-0.25, -0.2) is 0 Å². The second kappa shape index (κ2) is 5.04. The Balaban J connectivity index is 2.38. The summed E-state index contributed by atoms with van der Waals surface area (Å²) in [5.41, 5.74) is 0.281. The van der Waals surface area contributed by atoms with Gasteiger partial charge in [0, 0.05) is 10.4 Å². The number of methoxy groups -OCH3 is 1. The predicted molar refractivity (Wildman–Crippen MR) is 80.5 cm³/mol. The molecule has 1 aromatic carbocycles. The van der Waals surface area contributed by atoms with Crippen LogP contribution < -0.4 is 10.2 Å². The van der Waals surface area contributed by atoms with Gasteiger partial charge in [0.15, 0.2) is 0 Å². The maximum absolute atomic E-state index is 6.08. The first kappa shape index (κ1) is 14.8. The molecule has 1 aromatic rings. The van der Waals surface area contributed by atoms with E-state index in [4.69, 9.17) is 14.0 Å². The highest BCUT2D eigenvalue weighted by atomic mass is 32.2. The minimum absolute atomic E-state index is 0.335. The summed E-state index contributed by atoms with van der Waals surface area (Å²) in [5, 5.41) is 0. The number of ether oxygens (including phenoxy) is 1. The average molecular weight is 280 g/mol. The lowest BCUT2D eigenvalue weighted by atomic mass is 9.78. The average Bonchev–Trinajstić information content (AvgIpc) is 2.57. The zero-order chi connectivity index (χ0) is 14.3. The minimum Gasteiger partial charge on any atom is -0.497 e. The van der Waals surface area contributed by atoms with E-state index in [2.05, 4.69) is 40.0 Å². The van der Waals surface area contributed by atoms with E-state index < -0.39 is 0 Å². The van der Waals surface area contributed by atoms with E-state index >= 15 is 0 Å². The van der Waals surface area contributed by atoms with Crippen LogP contribution in [0.5, 0.6) is 5.75 Å². The van der Waals surface area contributed by atoms with Gasteiger partial charge in [-0.3, -0.25) is 0 Å². The molecule has 1 aliphatic heterocycles. The third-order valence-electron chi connectivity index (χ3n) is 3.94. The van der Waals surface area contributed by atoms with Crippen molar-refractivity contribution < 1.29 is 14.0 Å². The fraction of sp³-hybridized carbons (Fsp3) is 0.571. The van der Waals surface area contributed by atoms with Crippen molar-refractivity contribution in [3.8, 4) is 5.75 Å². The molecule has 1 aliphatic rings. The Labute approximate surface area is 120 Å². The normalized spacial score (nSPS) is 20.6. The number of rotatable bonds is 3. The first-order chi connectivity index (χ1) is 8.80. The SMILES string of the molecule is COc1ccc(SC)cc1B1OC(C)(C)C(C)(C)O1. The predicted octanol–water partition coefficient (Wildman–Crippen LogP) is 2.72. The molecule has 0 N–H and O–H groups in total. The van der Waals surface area contributed by atoms with Crippen LogP contribution in [0, 0.1) is 0 Å². The molecule has 0 unspecified atom stereocenters. The second-order valence-corrected chi connectivity index (χ2v) is 6.58. The Morgan fingerprint density at radius 3 is 2.16 bits per heavy atom. The maximum Gasteiger partial charge on any atom is 0.498 e. The van der Waals surface area contributed by atoms with Crippen LogP contribution >= 0.6 is 11.8 Å². The lowest BCUT2D eigenvalue weighted by molar-refractivity contribution is 0.00578. The van der Waals surface area contributed by atoms with Crippen molar-refractivity contribution in [2.45, 2.75) is 43.8 Å². The first-order valence-corrected chi connectivity index (χ1v) is 7.61. The number of benzene rings is 1. The highest BCUT2D eigenvalue weighted by molar-refractivity contribution is 7.98. The van der Waals surface area contributed by atoms with E-state index in [0.29, 0.717) is 0 Å². The molecular formula is C14H21BO3S. The molecule has 1 heterocycles. The summed E-state index contributed by atoms with van der Waals surface area (Å²) in [4.78, 5) is 1.17.